The Kier molecular flexibility index (Phi) is 13.8. The molecule has 8 aliphatic rings. The van der Waals surface area contributed by atoms with Crippen LogP contribution in [-0.4, -0.2) is 180 Å². The van der Waals surface area contributed by atoms with Crippen LogP contribution in [0.2, 0.25) is 0 Å². The van der Waals surface area contributed by atoms with E-state index in [4.69, 9.17) is 28.4 Å². The lowest BCUT2D eigenvalue weighted by Gasteiger charge is -2.72. The molecule has 3 aliphatic heterocycles. The highest BCUT2D eigenvalue weighted by Crippen LogP contribution is 2.76. The number of aliphatic hydroxyl groups is 11. The smallest absolute Gasteiger partial charge is 0.187 e. The number of fused-ring (bicyclic) bond motifs is 7. The summed E-state index contributed by atoms with van der Waals surface area (Å²) in [5.41, 5.74) is 0.0788. The van der Waals surface area contributed by atoms with Crippen molar-refractivity contribution in [2.75, 3.05) is 19.8 Å². The molecular weight excluding hydrogens is 849 g/mol. The highest BCUT2D eigenvalue weighted by atomic mass is 16.8. The number of aliphatic hydroxyl groups excluding tert-OH is 11. The van der Waals surface area contributed by atoms with Crippen molar-refractivity contribution >= 4 is 0 Å². The summed E-state index contributed by atoms with van der Waals surface area (Å²) in [6.45, 7) is 16.5. The zero-order chi connectivity index (χ0) is 47.6. The first-order chi connectivity index (χ1) is 30.3. The van der Waals surface area contributed by atoms with Crippen LogP contribution >= 0.6 is 0 Å². The molecule has 5 aliphatic carbocycles. The lowest BCUT2D eigenvalue weighted by atomic mass is 9.33. The van der Waals surface area contributed by atoms with Crippen molar-refractivity contribution in [3.05, 3.63) is 11.6 Å². The Morgan fingerprint density at radius 3 is 1.94 bits per heavy atom. The van der Waals surface area contributed by atoms with Gasteiger partial charge in [-0.25, -0.2) is 0 Å². The largest absolute Gasteiger partial charge is 0.396 e. The zero-order valence-electron chi connectivity index (χ0n) is 39.5. The van der Waals surface area contributed by atoms with E-state index in [2.05, 4.69) is 54.5 Å². The first kappa shape index (κ1) is 50.4. The summed E-state index contributed by atoms with van der Waals surface area (Å²) < 4.78 is 36.3. The average Bonchev–Trinajstić information content (AvgIpc) is 3.24. The number of allylic oxidation sites excluding steroid dienone is 2. The van der Waals surface area contributed by atoms with Crippen LogP contribution in [0.15, 0.2) is 11.6 Å². The van der Waals surface area contributed by atoms with Crippen LogP contribution in [-0.2, 0) is 28.4 Å². The molecule has 65 heavy (non-hydrogen) atoms. The summed E-state index contributed by atoms with van der Waals surface area (Å²) in [7, 11) is 0. The van der Waals surface area contributed by atoms with Crippen molar-refractivity contribution in [3.63, 3.8) is 0 Å². The molecule has 16 unspecified atom stereocenters. The van der Waals surface area contributed by atoms with Gasteiger partial charge in [-0.05, 0) is 110 Å². The molecule has 0 amide bonds. The van der Waals surface area contributed by atoms with E-state index in [1.807, 2.05) is 0 Å². The van der Waals surface area contributed by atoms with Crippen LogP contribution in [0.25, 0.3) is 0 Å². The summed E-state index contributed by atoms with van der Waals surface area (Å²) in [5.74, 6) is 0.601. The Labute approximate surface area is 383 Å². The van der Waals surface area contributed by atoms with Crippen LogP contribution in [0.1, 0.15) is 113 Å². The average molecular weight is 929 g/mol. The Hall–Kier alpha value is -0.940. The number of rotatable bonds is 9. The number of ether oxygens (including phenoxy) is 6. The van der Waals surface area contributed by atoms with E-state index in [-0.39, 0.29) is 40.1 Å². The summed E-state index contributed by atoms with van der Waals surface area (Å²) >= 11 is 0. The van der Waals surface area contributed by atoms with Crippen molar-refractivity contribution in [2.45, 2.75) is 218 Å². The minimum Gasteiger partial charge on any atom is -0.396 e. The van der Waals surface area contributed by atoms with Crippen molar-refractivity contribution in [3.8, 4) is 0 Å². The second-order valence-corrected chi connectivity index (χ2v) is 23.6. The Morgan fingerprint density at radius 2 is 1.26 bits per heavy atom. The second-order valence-electron chi connectivity index (χ2n) is 23.6. The molecular formula is C48H80O17. The number of hydrogen-bond acceptors (Lipinski definition) is 17. The van der Waals surface area contributed by atoms with Crippen LogP contribution in [0.3, 0.4) is 0 Å². The molecule has 0 aromatic carbocycles. The third kappa shape index (κ3) is 7.94. The highest BCUT2D eigenvalue weighted by Gasteiger charge is 2.70. The Bertz CT molecular complexity index is 1730. The van der Waals surface area contributed by atoms with Gasteiger partial charge >= 0.3 is 0 Å². The van der Waals surface area contributed by atoms with Gasteiger partial charge in [-0.3, -0.25) is 0 Å². The van der Waals surface area contributed by atoms with E-state index in [0.29, 0.717) is 18.8 Å². The van der Waals surface area contributed by atoms with Crippen LogP contribution in [0.5, 0.6) is 0 Å². The monoisotopic (exact) mass is 929 g/mol. The normalized spacial score (nSPS) is 55.2. The standard InChI is InChI=1S/C48H80O17/c1-22-31(52)33(54)37(58)41(61-22)65-39-26(20-60-40-36(57)34(55)32(53)25(19-49)62-40)63-42(38(59)35(39)56)64-30-12-13-45(6)27(44(30,4)5)11-14-46(7)28(45)10-9-23-24-17-43(2,3)15-16-48(24,21-50)29(51)18-47(23,46)8/h9,22,24-42,49-59H,10-21H2,1-8H3/t22?,24-,25?,26?,27?,28+,29?,30?,31?,32?,33?,34-,35?,36?,37?,38?,39?,40?,41-,42?,45+,46-,47+,48+/m0/s1. The van der Waals surface area contributed by atoms with Gasteiger partial charge in [0.15, 0.2) is 18.9 Å². The van der Waals surface area contributed by atoms with Gasteiger partial charge in [-0.2, -0.15) is 0 Å². The molecule has 24 atom stereocenters. The maximum atomic E-state index is 12.1. The maximum Gasteiger partial charge on any atom is 0.187 e. The fourth-order valence-corrected chi connectivity index (χ4v) is 15.1. The first-order valence-corrected chi connectivity index (χ1v) is 24.3. The first-order valence-electron chi connectivity index (χ1n) is 24.3. The Morgan fingerprint density at radius 1 is 0.631 bits per heavy atom. The molecule has 17 heteroatoms. The van der Waals surface area contributed by atoms with Gasteiger partial charge in [0.1, 0.15) is 67.1 Å². The van der Waals surface area contributed by atoms with E-state index in [0.717, 1.165) is 44.9 Å². The summed E-state index contributed by atoms with van der Waals surface area (Å²) in [6.07, 6.45) is -14.1. The molecule has 11 N–H and O–H groups in total. The van der Waals surface area contributed by atoms with Crippen LogP contribution < -0.4 is 0 Å². The zero-order valence-corrected chi connectivity index (χ0v) is 39.5. The quantitative estimate of drug-likeness (QED) is 0.112. The van der Waals surface area contributed by atoms with Gasteiger partial charge in [-0.1, -0.05) is 60.1 Å². The van der Waals surface area contributed by atoms with Crippen molar-refractivity contribution in [1.29, 1.82) is 0 Å². The molecule has 17 nitrogen and oxygen atoms in total. The molecule has 4 saturated carbocycles. The summed E-state index contributed by atoms with van der Waals surface area (Å²) in [6, 6.07) is 0. The number of hydrogen-bond donors (Lipinski definition) is 11. The minimum atomic E-state index is -1.76. The second kappa shape index (κ2) is 17.7. The molecule has 374 valence electrons. The molecule has 3 saturated heterocycles. The third-order valence-electron chi connectivity index (χ3n) is 19.4. The van der Waals surface area contributed by atoms with Gasteiger partial charge in [0.2, 0.25) is 0 Å². The van der Waals surface area contributed by atoms with Crippen molar-refractivity contribution in [2.24, 2.45) is 50.2 Å². The highest BCUT2D eigenvalue weighted by molar-refractivity contribution is 5.35. The lowest BCUT2D eigenvalue weighted by Crippen LogP contribution is -2.67. The Balaban J connectivity index is 1.03. The van der Waals surface area contributed by atoms with Crippen molar-refractivity contribution < 1.29 is 84.6 Å². The van der Waals surface area contributed by atoms with Crippen molar-refractivity contribution in [1.82, 2.24) is 0 Å². The van der Waals surface area contributed by atoms with E-state index in [1.54, 1.807) is 0 Å². The lowest BCUT2D eigenvalue weighted by molar-refractivity contribution is -0.373. The molecule has 3 heterocycles. The third-order valence-corrected chi connectivity index (χ3v) is 19.4. The summed E-state index contributed by atoms with van der Waals surface area (Å²) in [4.78, 5) is 0. The molecule has 0 radical (unpaired) electrons. The van der Waals surface area contributed by atoms with E-state index in [1.165, 1.54) is 12.5 Å². The summed E-state index contributed by atoms with van der Waals surface area (Å²) in [5, 5.41) is 119. The predicted molar refractivity (Wildman–Crippen MR) is 230 cm³/mol. The van der Waals surface area contributed by atoms with Gasteiger partial charge in [0.05, 0.1) is 38.1 Å². The molecule has 0 spiro atoms. The van der Waals surface area contributed by atoms with Crippen LogP contribution in [0, 0.1) is 50.2 Å². The van der Waals surface area contributed by atoms with Crippen LogP contribution in [0.4, 0.5) is 0 Å². The fourth-order valence-electron chi connectivity index (χ4n) is 15.1. The maximum absolute atomic E-state index is 12.1. The SMILES string of the molecule is CC1O[C@@H](OC2C(COC3OC(CO)C(O)[C@H](O)C3O)OC(OC3CC[C@]4(C)C(CC[C@@]5(C)[C@@H]4CC=C4[C@@H]6CC(C)(C)CC[C@]6(CO)C(O)C[C@]45C)C3(C)C)C(O)C2O)C(O)C(O)C1O. The molecule has 0 aromatic heterocycles. The minimum absolute atomic E-state index is 0.0134. The topological polar surface area (TPSA) is 278 Å². The molecule has 0 bridgehead atoms. The van der Waals surface area contributed by atoms with Gasteiger partial charge < -0.3 is 84.6 Å². The molecule has 0 aromatic rings. The van der Waals surface area contributed by atoms with Gasteiger partial charge in [-0.15, -0.1) is 0 Å². The van der Waals surface area contributed by atoms with E-state index >= 15 is 0 Å². The molecule has 8 rings (SSSR count). The van der Waals surface area contributed by atoms with E-state index < -0.39 is 128 Å². The van der Waals surface area contributed by atoms with E-state index in [9.17, 15) is 56.2 Å². The fraction of sp³-hybridized carbons (Fsp3) is 0.958. The van der Waals surface area contributed by atoms with Gasteiger partial charge in [0, 0.05) is 5.41 Å². The molecule has 7 fully saturated rings. The predicted octanol–water partition coefficient (Wildman–Crippen LogP) is 0.612. The van der Waals surface area contributed by atoms with Gasteiger partial charge in [0.25, 0.3) is 0 Å².